The minimum atomic E-state index is -0.964. The van der Waals surface area contributed by atoms with Gasteiger partial charge in [-0.25, -0.2) is 4.79 Å². The van der Waals surface area contributed by atoms with Crippen molar-refractivity contribution in [1.29, 1.82) is 0 Å². The normalized spacial score (nSPS) is 11.6. The summed E-state index contributed by atoms with van der Waals surface area (Å²) in [7, 11) is 0. The number of hydrogen-bond acceptors (Lipinski definition) is 4. The first kappa shape index (κ1) is 16.3. The van der Waals surface area contributed by atoms with Gasteiger partial charge in [0.2, 0.25) is 0 Å². The molecule has 0 saturated carbocycles. The van der Waals surface area contributed by atoms with Gasteiger partial charge in [0.05, 0.1) is 16.9 Å². The van der Waals surface area contributed by atoms with Crippen LogP contribution < -0.4 is 16.8 Å². The van der Waals surface area contributed by atoms with Crippen molar-refractivity contribution in [2.24, 2.45) is 0 Å². The lowest BCUT2D eigenvalue weighted by Crippen LogP contribution is -2.39. The molecule has 1 rings (SSSR count). The summed E-state index contributed by atoms with van der Waals surface area (Å²) in [5, 5.41) is 12.6. The van der Waals surface area contributed by atoms with Crippen molar-refractivity contribution in [3.63, 3.8) is 0 Å². The largest absolute Gasteiger partial charge is 0.478 e. The predicted molar refractivity (Wildman–Crippen MR) is 82.9 cm³/mol. The summed E-state index contributed by atoms with van der Waals surface area (Å²) in [5.74, 6) is -0.964. The molecule has 0 aliphatic heterocycles. The number of hydrogen-bond donors (Lipinski definition) is 4. The highest BCUT2D eigenvalue weighted by Gasteiger charge is 2.16. The fraction of sp³-hybridized carbons (Fsp3) is 0.533. The SMILES string of the molecule is CCC(C)(C)NCCCc1c(C(=O)O)ccc(N)c1N. The average molecular weight is 279 g/mol. The lowest BCUT2D eigenvalue weighted by atomic mass is 9.98. The lowest BCUT2D eigenvalue weighted by Gasteiger charge is -2.24. The minimum Gasteiger partial charge on any atom is -0.478 e. The van der Waals surface area contributed by atoms with Crippen LogP contribution in [0.1, 0.15) is 49.5 Å². The molecule has 0 spiro atoms. The van der Waals surface area contributed by atoms with Crippen molar-refractivity contribution in [3.8, 4) is 0 Å². The highest BCUT2D eigenvalue weighted by Crippen LogP contribution is 2.25. The number of benzene rings is 1. The van der Waals surface area contributed by atoms with Crippen LogP contribution in [0.5, 0.6) is 0 Å². The quantitative estimate of drug-likeness (QED) is 0.453. The van der Waals surface area contributed by atoms with Gasteiger partial charge in [-0.3, -0.25) is 0 Å². The van der Waals surface area contributed by atoms with Gasteiger partial charge in [0.1, 0.15) is 0 Å². The smallest absolute Gasteiger partial charge is 0.336 e. The number of anilines is 2. The molecule has 0 aromatic heterocycles. The van der Waals surface area contributed by atoms with Crippen LogP contribution in [0.25, 0.3) is 0 Å². The molecule has 5 nitrogen and oxygen atoms in total. The van der Waals surface area contributed by atoms with E-state index in [4.69, 9.17) is 11.5 Å². The zero-order chi connectivity index (χ0) is 15.3. The Hall–Kier alpha value is -1.75. The van der Waals surface area contributed by atoms with Gasteiger partial charge in [-0.1, -0.05) is 6.92 Å². The van der Waals surface area contributed by atoms with Gasteiger partial charge in [0.25, 0.3) is 0 Å². The second-order valence-electron chi connectivity index (χ2n) is 5.67. The van der Waals surface area contributed by atoms with Crippen LogP contribution in [0, 0.1) is 0 Å². The molecule has 112 valence electrons. The Morgan fingerprint density at radius 2 is 2.00 bits per heavy atom. The van der Waals surface area contributed by atoms with E-state index in [-0.39, 0.29) is 11.1 Å². The van der Waals surface area contributed by atoms with E-state index in [1.165, 1.54) is 6.07 Å². The zero-order valence-electron chi connectivity index (χ0n) is 12.5. The molecule has 0 heterocycles. The van der Waals surface area contributed by atoms with Crippen LogP contribution in [0.3, 0.4) is 0 Å². The molecule has 0 amide bonds. The van der Waals surface area contributed by atoms with Crippen LogP contribution in [-0.2, 0) is 6.42 Å². The van der Waals surface area contributed by atoms with Gasteiger partial charge in [-0.15, -0.1) is 0 Å². The van der Waals surface area contributed by atoms with Crippen molar-refractivity contribution in [3.05, 3.63) is 23.3 Å². The molecule has 1 aromatic carbocycles. The first-order valence-electron chi connectivity index (χ1n) is 6.93. The molecule has 0 radical (unpaired) electrons. The number of carboxylic acids is 1. The van der Waals surface area contributed by atoms with E-state index in [1.54, 1.807) is 6.07 Å². The maximum atomic E-state index is 11.2. The molecule has 0 aliphatic rings. The third-order valence-electron chi connectivity index (χ3n) is 3.71. The van der Waals surface area contributed by atoms with Crippen LogP contribution >= 0.6 is 0 Å². The van der Waals surface area contributed by atoms with E-state index in [9.17, 15) is 9.90 Å². The molecular formula is C15H25N3O2. The van der Waals surface area contributed by atoms with Crippen molar-refractivity contribution < 1.29 is 9.90 Å². The summed E-state index contributed by atoms with van der Waals surface area (Å²) in [5.41, 5.74) is 13.5. The van der Waals surface area contributed by atoms with Gasteiger partial charge in [0.15, 0.2) is 0 Å². The van der Waals surface area contributed by atoms with Crippen molar-refractivity contribution in [2.75, 3.05) is 18.0 Å². The van der Waals surface area contributed by atoms with Gasteiger partial charge in [-0.05, 0) is 57.4 Å². The Kier molecular flexibility index (Phi) is 5.39. The topological polar surface area (TPSA) is 101 Å². The van der Waals surface area contributed by atoms with E-state index >= 15 is 0 Å². The summed E-state index contributed by atoms with van der Waals surface area (Å²) < 4.78 is 0. The molecule has 6 N–H and O–H groups in total. The summed E-state index contributed by atoms with van der Waals surface area (Å²) in [6.45, 7) is 7.23. The summed E-state index contributed by atoms with van der Waals surface area (Å²) in [4.78, 5) is 11.2. The van der Waals surface area contributed by atoms with E-state index < -0.39 is 5.97 Å². The molecule has 5 heteroatoms. The van der Waals surface area contributed by atoms with Gasteiger partial charge in [-0.2, -0.15) is 0 Å². The highest BCUT2D eigenvalue weighted by molar-refractivity contribution is 5.93. The van der Waals surface area contributed by atoms with E-state index in [1.807, 2.05) is 0 Å². The molecule has 0 bridgehead atoms. The van der Waals surface area contributed by atoms with E-state index in [0.29, 0.717) is 23.4 Å². The Morgan fingerprint density at radius 3 is 2.55 bits per heavy atom. The average Bonchev–Trinajstić information content (AvgIpc) is 2.38. The Balaban J connectivity index is 2.72. The monoisotopic (exact) mass is 279 g/mol. The Labute approximate surface area is 120 Å². The van der Waals surface area contributed by atoms with Crippen LogP contribution in [0.15, 0.2) is 12.1 Å². The van der Waals surface area contributed by atoms with Crippen molar-refractivity contribution in [1.82, 2.24) is 5.32 Å². The fourth-order valence-electron chi connectivity index (χ4n) is 1.97. The fourth-order valence-corrected chi connectivity index (χ4v) is 1.97. The molecule has 20 heavy (non-hydrogen) atoms. The van der Waals surface area contributed by atoms with Gasteiger partial charge < -0.3 is 21.9 Å². The standard InChI is InChI=1S/C15H25N3O2/c1-4-15(2,3)18-9-5-6-10-11(14(19)20)7-8-12(16)13(10)17/h7-8,18H,4-6,9,16-17H2,1-3H3,(H,19,20). The van der Waals surface area contributed by atoms with Crippen LogP contribution in [-0.4, -0.2) is 23.2 Å². The van der Waals surface area contributed by atoms with Crippen LogP contribution in [0.2, 0.25) is 0 Å². The summed E-state index contributed by atoms with van der Waals surface area (Å²) in [6, 6.07) is 3.06. The molecule has 0 saturated heterocycles. The molecule has 1 aromatic rings. The van der Waals surface area contributed by atoms with Gasteiger partial charge in [0, 0.05) is 5.54 Å². The number of carboxylic acid groups (broad SMARTS) is 1. The number of carbonyl (C=O) groups is 1. The van der Waals surface area contributed by atoms with E-state index in [2.05, 4.69) is 26.1 Å². The molecule has 0 atom stereocenters. The van der Waals surface area contributed by atoms with Crippen molar-refractivity contribution in [2.45, 2.75) is 45.6 Å². The summed E-state index contributed by atoms with van der Waals surface area (Å²) >= 11 is 0. The number of aromatic carboxylic acids is 1. The molecule has 0 fully saturated rings. The maximum absolute atomic E-state index is 11.2. The summed E-state index contributed by atoms with van der Waals surface area (Å²) in [6.07, 6.45) is 2.45. The Bertz CT molecular complexity index is 484. The Morgan fingerprint density at radius 1 is 1.35 bits per heavy atom. The maximum Gasteiger partial charge on any atom is 0.336 e. The third kappa shape index (κ3) is 4.13. The second-order valence-corrected chi connectivity index (χ2v) is 5.67. The number of rotatable bonds is 7. The molecule has 0 unspecified atom stereocenters. The van der Waals surface area contributed by atoms with Gasteiger partial charge >= 0.3 is 5.97 Å². The predicted octanol–water partition coefficient (Wildman–Crippen LogP) is 2.26. The first-order chi connectivity index (χ1) is 9.28. The first-order valence-corrected chi connectivity index (χ1v) is 6.93. The molecular weight excluding hydrogens is 254 g/mol. The zero-order valence-corrected chi connectivity index (χ0v) is 12.5. The third-order valence-corrected chi connectivity index (χ3v) is 3.71. The number of nitrogens with one attached hydrogen (secondary N) is 1. The second kappa shape index (κ2) is 6.61. The van der Waals surface area contributed by atoms with E-state index in [0.717, 1.165) is 19.4 Å². The lowest BCUT2D eigenvalue weighted by molar-refractivity contribution is 0.0695. The number of nitrogens with two attached hydrogens (primary N) is 2. The number of nitrogen functional groups attached to an aromatic ring is 2. The van der Waals surface area contributed by atoms with Crippen molar-refractivity contribution >= 4 is 17.3 Å². The molecule has 0 aliphatic carbocycles. The highest BCUT2D eigenvalue weighted by atomic mass is 16.4. The van der Waals surface area contributed by atoms with Crippen LogP contribution in [0.4, 0.5) is 11.4 Å². The minimum absolute atomic E-state index is 0.0941.